The molecule has 0 radical (unpaired) electrons. The molecule has 0 saturated carbocycles. The fourth-order valence-corrected chi connectivity index (χ4v) is 1.85. The van der Waals surface area contributed by atoms with Crippen molar-refractivity contribution in [3.8, 4) is 0 Å². The Morgan fingerprint density at radius 3 is 2.24 bits per heavy atom. The maximum Gasteiger partial charge on any atom is 0.0621 e. The van der Waals surface area contributed by atoms with E-state index in [1.165, 1.54) is 0 Å². The molecule has 3 nitrogen and oxygen atoms in total. The minimum Gasteiger partial charge on any atom is -0.396 e. The van der Waals surface area contributed by atoms with Crippen LogP contribution in [-0.2, 0) is 9.47 Å². The summed E-state index contributed by atoms with van der Waals surface area (Å²) in [5, 5.41) is 8.79. The normalized spacial score (nSPS) is 15.9. The summed E-state index contributed by atoms with van der Waals surface area (Å²) in [7, 11) is 1.77. The summed E-state index contributed by atoms with van der Waals surface area (Å²) in [6.45, 7) is 9.42. The SMILES string of the molecule is CC[C@@H](COC(C)(C)C)C(CCCCO)OC. The first-order valence-electron chi connectivity index (χ1n) is 6.72. The molecule has 17 heavy (non-hydrogen) atoms. The number of unbranched alkanes of at least 4 members (excludes halogenated alkanes) is 1. The van der Waals surface area contributed by atoms with Crippen molar-refractivity contribution in [3.63, 3.8) is 0 Å². The quantitative estimate of drug-likeness (QED) is 0.636. The number of hydrogen-bond donors (Lipinski definition) is 1. The first kappa shape index (κ1) is 16.9. The van der Waals surface area contributed by atoms with Crippen molar-refractivity contribution >= 4 is 0 Å². The van der Waals surface area contributed by atoms with Crippen molar-refractivity contribution in [2.75, 3.05) is 20.3 Å². The van der Waals surface area contributed by atoms with Gasteiger partial charge in [-0.15, -0.1) is 0 Å². The average molecular weight is 246 g/mol. The number of hydrogen-bond acceptors (Lipinski definition) is 3. The van der Waals surface area contributed by atoms with Crippen LogP contribution < -0.4 is 0 Å². The molecule has 0 aromatic heterocycles. The van der Waals surface area contributed by atoms with Crippen LogP contribution in [-0.4, -0.2) is 37.1 Å². The van der Waals surface area contributed by atoms with Crippen LogP contribution in [0.2, 0.25) is 0 Å². The van der Waals surface area contributed by atoms with Crippen LogP contribution in [0.25, 0.3) is 0 Å². The Morgan fingerprint density at radius 1 is 1.18 bits per heavy atom. The number of ether oxygens (including phenoxy) is 2. The van der Waals surface area contributed by atoms with Gasteiger partial charge in [-0.05, 0) is 46.5 Å². The summed E-state index contributed by atoms with van der Waals surface area (Å²) in [6.07, 6.45) is 4.18. The van der Waals surface area contributed by atoms with Gasteiger partial charge in [0.2, 0.25) is 0 Å². The van der Waals surface area contributed by atoms with Crippen molar-refractivity contribution < 1.29 is 14.6 Å². The maximum absolute atomic E-state index is 8.79. The second-order valence-corrected chi connectivity index (χ2v) is 5.59. The molecule has 0 aliphatic heterocycles. The molecule has 0 saturated heterocycles. The van der Waals surface area contributed by atoms with E-state index in [0.717, 1.165) is 32.3 Å². The zero-order valence-corrected chi connectivity index (χ0v) is 12.2. The van der Waals surface area contributed by atoms with Crippen LogP contribution in [0.4, 0.5) is 0 Å². The number of methoxy groups -OCH3 is 1. The predicted molar refractivity (Wildman–Crippen MR) is 71.2 cm³/mol. The second kappa shape index (κ2) is 8.90. The molecule has 1 unspecified atom stereocenters. The van der Waals surface area contributed by atoms with Crippen molar-refractivity contribution in [2.45, 2.75) is 65.1 Å². The van der Waals surface area contributed by atoms with E-state index in [2.05, 4.69) is 27.7 Å². The molecule has 0 rings (SSSR count). The van der Waals surface area contributed by atoms with Crippen molar-refractivity contribution in [3.05, 3.63) is 0 Å². The fourth-order valence-electron chi connectivity index (χ4n) is 1.85. The molecule has 0 aliphatic carbocycles. The van der Waals surface area contributed by atoms with E-state index in [9.17, 15) is 0 Å². The molecule has 0 aromatic rings. The molecule has 104 valence electrons. The summed E-state index contributed by atoms with van der Waals surface area (Å²) in [4.78, 5) is 0. The Kier molecular flexibility index (Phi) is 8.83. The molecule has 1 N–H and O–H groups in total. The van der Waals surface area contributed by atoms with Gasteiger partial charge in [0, 0.05) is 19.6 Å². The van der Waals surface area contributed by atoms with E-state index >= 15 is 0 Å². The third-order valence-corrected chi connectivity index (χ3v) is 2.98. The van der Waals surface area contributed by atoms with Gasteiger partial charge in [0.15, 0.2) is 0 Å². The van der Waals surface area contributed by atoms with Gasteiger partial charge in [0.05, 0.1) is 18.3 Å². The highest BCUT2D eigenvalue weighted by molar-refractivity contribution is 4.71. The van der Waals surface area contributed by atoms with Gasteiger partial charge in [0.1, 0.15) is 0 Å². The van der Waals surface area contributed by atoms with Crippen molar-refractivity contribution in [1.82, 2.24) is 0 Å². The van der Waals surface area contributed by atoms with Crippen molar-refractivity contribution in [1.29, 1.82) is 0 Å². The third-order valence-electron chi connectivity index (χ3n) is 2.98. The van der Waals surface area contributed by atoms with Gasteiger partial charge in [-0.2, -0.15) is 0 Å². The zero-order valence-electron chi connectivity index (χ0n) is 12.2. The van der Waals surface area contributed by atoms with Gasteiger partial charge < -0.3 is 14.6 Å². The first-order valence-corrected chi connectivity index (χ1v) is 6.72. The molecule has 0 aromatic carbocycles. The molecule has 0 spiro atoms. The Bertz CT molecular complexity index is 175. The average Bonchev–Trinajstić information content (AvgIpc) is 2.26. The van der Waals surface area contributed by atoms with Crippen LogP contribution in [0.5, 0.6) is 0 Å². The lowest BCUT2D eigenvalue weighted by atomic mass is 9.95. The van der Waals surface area contributed by atoms with Crippen LogP contribution in [0.1, 0.15) is 53.4 Å². The molecular formula is C14H30O3. The van der Waals surface area contributed by atoms with Gasteiger partial charge in [-0.25, -0.2) is 0 Å². The summed E-state index contributed by atoms with van der Waals surface area (Å²) in [5.41, 5.74) is -0.0865. The van der Waals surface area contributed by atoms with Crippen LogP contribution in [0.3, 0.4) is 0 Å². The Morgan fingerprint density at radius 2 is 1.82 bits per heavy atom. The van der Waals surface area contributed by atoms with Gasteiger partial charge in [0.25, 0.3) is 0 Å². The Hall–Kier alpha value is -0.120. The molecule has 0 bridgehead atoms. The standard InChI is InChI=1S/C14H30O3/c1-6-12(11-17-14(2,3)4)13(16-5)9-7-8-10-15/h12-13,15H,6-11H2,1-5H3/t12-,13?/m0/s1. The summed E-state index contributed by atoms with van der Waals surface area (Å²) in [5.74, 6) is 0.443. The zero-order chi connectivity index (χ0) is 13.3. The van der Waals surface area contributed by atoms with Crippen molar-refractivity contribution in [2.24, 2.45) is 5.92 Å². The van der Waals surface area contributed by atoms with E-state index < -0.39 is 0 Å². The lowest BCUT2D eigenvalue weighted by Gasteiger charge is -2.28. The van der Waals surface area contributed by atoms with E-state index in [0.29, 0.717) is 5.92 Å². The highest BCUT2D eigenvalue weighted by Crippen LogP contribution is 2.20. The van der Waals surface area contributed by atoms with Crippen LogP contribution in [0.15, 0.2) is 0 Å². The molecule has 0 amide bonds. The fraction of sp³-hybridized carbons (Fsp3) is 1.00. The maximum atomic E-state index is 8.79. The highest BCUT2D eigenvalue weighted by Gasteiger charge is 2.22. The second-order valence-electron chi connectivity index (χ2n) is 5.59. The largest absolute Gasteiger partial charge is 0.396 e. The van der Waals surface area contributed by atoms with E-state index in [1.807, 2.05) is 0 Å². The Labute approximate surface area is 107 Å². The molecule has 2 atom stereocenters. The number of aliphatic hydroxyl groups excluding tert-OH is 1. The first-order chi connectivity index (χ1) is 7.94. The third kappa shape index (κ3) is 8.58. The molecule has 0 fully saturated rings. The van der Waals surface area contributed by atoms with E-state index in [-0.39, 0.29) is 18.3 Å². The lowest BCUT2D eigenvalue weighted by Crippen LogP contribution is -2.31. The van der Waals surface area contributed by atoms with E-state index in [1.54, 1.807) is 7.11 Å². The van der Waals surface area contributed by atoms with Gasteiger partial charge in [-0.1, -0.05) is 6.92 Å². The van der Waals surface area contributed by atoms with Gasteiger partial charge >= 0.3 is 0 Å². The predicted octanol–water partition coefficient (Wildman–Crippen LogP) is 3.01. The van der Waals surface area contributed by atoms with Gasteiger partial charge in [-0.3, -0.25) is 0 Å². The Balaban J connectivity index is 4.09. The number of aliphatic hydroxyl groups is 1. The van der Waals surface area contributed by atoms with Crippen LogP contribution in [0, 0.1) is 5.92 Å². The molecular weight excluding hydrogens is 216 g/mol. The minimum absolute atomic E-state index is 0.0865. The molecule has 0 aliphatic rings. The summed E-state index contributed by atoms with van der Waals surface area (Å²) < 4.78 is 11.4. The smallest absolute Gasteiger partial charge is 0.0621 e. The van der Waals surface area contributed by atoms with E-state index in [4.69, 9.17) is 14.6 Å². The molecule has 0 heterocycles. The van der Waals surface area contributed by atoms with Crippen LogP contribution >= 0.6 is 0 Å². The monoisotopic (exact) mass is 246 g/mol. The molecule has 3 heteroatoms. The minimum atomic E-state index is -0.0865. The topological polar surface area (TPSA) is 38.7 Å². The summed E-state index contributed by atoms with van der Waals surface area (Å²) >= 11 is 0. The number of rotatable bonds is 9. The lowest BCUT2D eigenvalue weighted by molar-refractivity contribution is -0.0599. The summed E-state index contributed by atoms with van der Waals surface area (Å²) in [6, 6.07) is 0. The highest BCUT2D eigenvalue weighted by atomic mass is 16.5.